The van der Waals surface area contributed by atoms with Crippen LogP contribution in [0.5, 0.6) is 0 Å². The highest BCUT2D eigenvalue weighted by molar-refractivity contribution is 7.11. The van der Waals surface area contributed by atoms with E-state index in [0.29, 0.717) is 0 Å². The van der Waals surface area contributed by atoms with Crippen molar-refractivity contribution in [2.75, 3.05) is 13.1 Å². The zero-order valence-electron chi connectivity index (χ0n) is 10.5. The second-order valence-corrected chi connectivity index (χ2v) is 6.42. The largest absolute Gasteiger partial charge is 0.309 e. The quantitative estimate of drug-likeness (QED) is 0.870. The summed E-state index contributed by atoms with van der Waals surface area (Å²) in [4.78, 5) is 8.67. The van der Waals surface area contributed by atoms with Crippen LogP contribution >= 0.6 is 11.3 Å². The maximum Gasteiger partial charge on any atom is 0.107 e. The van der Waals surface area contributed by atoms with E-state index >= 15 is 0 Å². The van der Waals surface area contributed by atoms with Crippen molar-refractivity contribution in [3.8, 4) is 0 Å². The van der Waals surface area contributed by atoms with Crippen molar-refractivity contribution in [3.63, 3.8) is 0 Å². The molecule has 1 aromatic rings. The highest BCUT2D eigenvalue weighted by Crippen LogP contribution is 2.24. The third kappa shape index (κ3) is 3.06. The van der Waals surface area contributed by atoms with Crippen molar-refractivity contribution >= 4 is 11.3 Å². The summed E-state index contributed by atoms with van der Waals surface area (Å²) < 4.78 is 0. The minimum absolute atomic E-state index is 0.790. The number of nitrogens with zero attached hydrogens (tertiary/aromatic N) is 2. The number of thiazole rings is 1. The van der Waals surface area contributed by atoms with Gasteiger partial charge in [0, 0.05) is 17.5 Å². The molecule has 3 nitrogen and oxygen atoms in total. The number of aromatic nitrogens is 1. The number of aryl methyl sites for hydroxylation is 1. The summed E-state index contributed by atoms with van der Waals surface area (Å²) >= 11 is 1.90. The zero-order valence-corrected chi connectivity index (χ0v) is 11.4. The first-order valence-corrected chi connectivity index (χ1v) is 7.54. The molecule has 0 radical (unpaired) electrons. The van der Waals surface area contributed by atoms with Gasteiger partial charge in [-0.25, -0.2) is 4.98 Å². The maximum atomic E-state index is 4.71. The average molecular weight is 251 g/mol. The average Bonchev–Trinajstić information content (AvgIpc) is 2.88. The zero-order chi connectivity index (χ0) is 11.7. The standard InChI is InChI=1S/C13H21N3S/c1-10-12(8-14-11-4-5-11)17-13(15-10)9-16-6-2-3-7-16/h11,14H,2-9H2,1H3. The summed E-state index contributed by atoms with van der Waals surface area (Å²) in [5.74, 6) is 0. The number of hydrogen-bond acceptors (Lipinski definition) is 4. The Bertz CT molecular complexity index is 378. The maximum absolute atomic E-state index is 4.71. The molecule has 4 heteroatoms. The molecule has 17 heavy (non-hydrogen) atoms. The van der Waals surface area contributed by atoms with Crippen LogP contribution in [0.4, 0.5) is 0 Å². The number of nitrogens with one attached hydrogen (secondary N) is 1. The summed E-state index contributed by atoms with van der Waals surface area (Å²) in [5, 5.41) is 4.88. The summed E-state index contributed by atoms with van der Waals surface area (Å²) in [6, 6.07) is 0.790. The first-order chi connectivity index (χ1) is 8.31. The van der Waals surface area contributed by atoms with Crippen molar-refractivity contribution in [2.45, 2.75) is 51.7 Å². The predicted octanol–water partition coefficient (Wildman–Crippen LogP) is 2.30. The van der Waals surface area contributed by atoms with Crippen LogP contribution in [-0.2, 0) is 13.1 Å². The molecule has 0 bridgehead atoms. The Hall–Kier alpha value is -0.450. The van der Waals surface area contributed by atoms with E-state index in [1.165, 1.54) is 54.4 Å². The van der Waals surface area contributed by atoms with Crippen LogP contribution in [0, 0.1) is 6.92 Å². The molecule has 2 fully saturated rings. The molecule has 1 N–H and O–H groups in total. The molecule has 0 spiro atoms. The van der Waals surface area contributed by atoms with Crippen LogP contribution in [-0.4, -0.2) is 29.0 Å². The Morgan fingerprint density at radius 1 is 1.35 bits per heavy atom. The van der Waals surface area contributed by atoms with Crippen LogP contribution in [0.1, 0.15) is 41.3 Å². The lowest BCUT2D eigenvalue weighted by molar-refractivity contribution is 0.330. The fourth-order valence-electron chi connectivity index (χ4n) is 2.38. The van der Waals surface area contributed by atoms with Crippen LogP contribution in [0.25, 0.3) is 0 Å². The monoisotopic (exact) mass is 251 g/mol. The van der Waals surface area contributed by atoms with Crippen molar-refractivity contribution in [2.24, 2.45) is 0 Å². The first-order valence-electron chi connectivity index (χ1n) is 6.72. The highest BCUT2D eigenvalue weighted by atomic mass is 32.1. The van der Waals surface area contributed by atoms with Crippen molar-refractivity contribution in [3.05, 3.63) is 15.6 Å². The fraction of sp³-hybridized carbons (Fsp3) is 0.769. The van der Waals surface area contributed by atoms with Crippen LogP contribution in [0.15, 0.2) is 0 Å². The summed E-state index contributed by atoms with van der Waals surface area (Å²) in [6.07, 6.45) is 5.44. The third-order valence-corrected chi connectivity index (χ3v) is 4.77. The lowest BCUT2D eigenvalue weighted by Crippen LogP contribution is -2.18. The van der Waals surface area contributed by atoms with Gasteiger partial charge in [-0.3, -0.25) is 4.90 Å². The van der Waals surface area contributed by atoms with Gasteiger partial charge in [0.1, 0.15) is 5.01 Å². The fourth-order valence-corrected chi connectivity index (χ4v) is 3.44. The van der Waals surface area contributed by atoms with Gasteiger partial charge in [0.25, 0.3) is 0 Å². The molecule has 2 heterocycles. The molecule has 2 aliphatic rings. The third-order valence-electron chi connectivity index (χ3n) is 3.62. The Morgan fingerprint density at radius 3 is 2.82 bits per heavy atom. The van der Waals surface area contributed by atoms with E-state index in [-0.39, 0.29) is 0 Å². The summed E-state index contributed by atoms with van der Waals surface area (Å²) in [5.41, 5.74) is 1.23. The van der Waals surface area contributed by atoms with Gasteiger partial charge >= 0.3 is 0 Å². The number of hydrogen-bond donors (Lipinski definition) is 1. The van der Waals surface area contributed by atoms with Crippen molar-refractivity contribution in [1.29, 1.82) is 0 Å². The smallest absolute Gasteiger partial charge is 0.107 e. The van der Waals surface area contributed by atoms with Gasteiger partial charge in [0.15, 0.2) is 0 Å². The highest BCUT2D eigenvalue weighted by Gasteiger charge is 2.21. The lowest BCUT2D eigenvalue weighted by Gasteiger charge is -2.11. The van der Waals surface area contributed by atoms with E-state index in [9.17, 15) is 0 Å². The van der Waals surface area contributed by atoms with Crippen LogP contribution < -0.4 is 5.32 Å². The Labute approximate surface area is 107 Å². The van der Waals surface area contributed by atoms with Crippen LogP contribution in [0.2, 0.25) is 0 Å². The summed E-state index contributed by atoms with van der Waals surface area (Å²) in [6.45, 7) is 6.75. The molecule has 0 amide bonds. The van der Waals surface area contributed by atoms with Gasteiger partial charge < -0.3 is 5.32 Å². The van der Waals surface area contributed by atoms with Gasteiger partial charge in [0.05, 0.1) is 12.2 Å². The summed E-state index contributed by atoms with van der Waals surface area (Å²) in [7, 11) is 0. The molecule has 0 unspecified atom stereocenters. The van der Waals surface area contributed by atoms with E-state index in [1.54, 1.807) is 0 Å². The van der Waals surface area contributed by atoms with E-state index in [0.717, 1.165) is 19.1 Å². The molecule has 1 aliphatic carbocycles. The van der Waals surface area contributed by atoms with E-state index in [1.807, 2.05) is 11.3 Å². The molecular formula is C13H21N3S. The molecule has 1 saturated carbocycles. The van der Waals surface area contributed by atoms with Crippen molar-refractivity contribution < 1.29 is 0 Å². The Balaban J connectivity index is 1.58. The minimum Gasteiger partial charge on any atom is -0.309 e. The normalized spacial score (nSPS) is 21.2. The lowest BCUT2D eigenvalue weighted by atomic mass is 10.4. The molecule has 94 valence electrons. The van der Waals surface area contributed by atoms with Crippen LogP contribution in [0.3, 0.4) is 0 Å². The minimum atomic E-state index is 0.790. The predicted molar refractivity (Wildman–Crippen MR) is 71.2 cm³/mol. The molecule has 1 aliphatic heterocycles. The number of likely N-dealkylation sites (tertiary alicyclic amines) is 1. The van der Waals surface area contributed by atoms with Gasteiger partial charge in [-0.1, -0.05) is 0 Å². The van der Waals surface area contributed by atoms with E-state index in [4.69, 9.17) is 4.98 Å². The topological polar surface area (TPSA) is 28.2 Å². The first kappa shape index (κ1) is 11.6. The Morgan fingerprint density at radius 2 is 2.12 bits per heavy atom. The molecular weight excluding hydrogens is 230 g/mol. The van der Waals surface area contributed by atoms with E-state index < -0.39 is 0 Å². The van der Waals surface area contributed by atoms with Gasteiger partial charge in [-0.2, -0.15) is 0 Å². The van der Waals surface area contributed by atoms with Gasteiger partial charge in [0.2, 0.25) is 0 Å². The SMILES string of the molecule is Cc1nc(CN2CCCC2)sc1CNC1CC1. The van der Waals surface area contributed by atoms with Gasteiger partial charge in [-0.05, 0) is 45.7 Å². The molecule has 1 aromatic heterocycles. The molecule has 0 atom stereocenters. The van der Waals surface area contributed by atoms with E-state index in [2.05, 4.69) is 17.1 Å². The molecule has 0 aromatic carbocycles. The van der Waals surface area contributed by atoms with Gasteiger partial charge in [-0.15, -0.1) is 11.3 Å². The second kappa shape index (κ2) is 5.04. The molecule has 3 rings (SSSR count). The second-order valence-electron chi connectivity index (χ2n) is 5.25. The Kier molecular flexibility index (Phi) is 3.45. The number of rotatable bonds is 5. The van der Waals surface area contributed by atoms with Crippen molar-refractivity contribution in [1.82, 2.24) is 15.2 Å². The molecule has 1 saturated heterocycles.